The molecule has 2 aromatic rings. The second kappa shape index (κ2) is 6.03. The smallest absolute Gasteiger partial charge is 0.259 e. The highest BCUT2D eigenvalue weighted by Gasteiger charge is 2.11. The standard InChI is InChI=1S/C14H22N4OS/c1-8(18(4)5)6-15-7-11-16-13(19)12-9(2)10(3)20-14(12)17-11/h8,15H,6-7H2,1-5H3,(H,16,17,19). The summed E-state index contributed by atoms with van der Waals surface area (Å²) >= 11 is 1.58. The van der Waals surface area contributed by atoms with Crippen LogP contribution in [0.25, 0.3) is 10.2 Å². The maximum atomic E-state index is 12.1. The molecule has 0 saturated heterocycles. The molecule has 0 aliphatic heterocycles. The summed E-state index contributed by atoms with van der Waals surface area (Å²) in [5.41, 5.74) is 1.01. The molecular weight excluding hydrogens is 272 g/mol. The fourth-order valence-corrected chi connectivity index (χ4v) is 3.01. The highest BCUT2D eigenvalue weighted by Crippen LogP contribution is 2.25. The quantitative estimate of drug-likeness (QED) is 0.880. The molecule has 0 aromatic carbocycles. The number of aryl methyl sites for hydroxylation is 2. The first kappa shape index (κ1) is 15.2. The molecule has 20 heavy (non-hydrogen) atoms. The Bertz CT molecular complexity index is 659. The summed E-state index contributed by atoms with van der Waals surface area (Å²) in [5, 5.41) is 4.06. The number of hydrogen-bond acceptors (Lipinski definition) is 5. The van der Waals surface area contributed by atoms with E-state index in [4.69, 9.17) is 0 Å². The van der Waals surface area contributed by atoms with Gasteiger partial charge in [0.15, 0.2) is 0 Å². The van der Waals surface area contributed by atoms with Crippen LogP contribution < -0.4 is 10.9 Å². The number of hydrogen-bond donors (Lipinski definition) is 2. The normalized spacial score (nSPS) is 13.3. The zero-order chi connectivity index (χ0) is 14.9. The Balaban J connectivity index is 2.14. The number of aromatic amines is 1. The van der Waals surface area contributed by atoms with Crippen LogP contribution in [-0.2, 0) is 6.54 Å². The minimum absolute atomic E-state index is 0.0330. The Morgan fingerprint density at radius 1 is 1.40 bits per heavy atom. The number of aromatic nitrogens is 2. The first-order chi connectivity index (χ1) is 9.40. The highest BCUT2D eigenvalue weighted by atomic mass is 32.1. The molecule has 6 heteroatoms. The summed E-state index contributed by atoms with van der Waals surface area (Å²) in [7, 11) is 4.10. The average molecular weight is 294 g/mol. The third-order valence-electron chi connectivity index (χ3n) is 3.70. The van der Waals surface area contributed by atoms with Crippen molar-refractivity contribution in [2.24, 2.45) is 0 Å². The first-order valence-electron chi connectivity index (χ1n) is 6.76. The molecule has 0 saturated carbocycles. The van der Waals surface area contributed by atoms with Crippen LogP contribution in [-0.4, -0.2) is 41.5 Å². The lowest BCUT2D eigenvalue weighted by molar-refractivity contribution is 0.302. The van der Waals surface area contributed by atoms with Gasteiger partial charge in [-0.1, -0.05) is 0 Å². The molecule has 1 unspecified atom stereocenters. The first-order valence-corrected chi connectivity index (χ1v) is 7.57. The number of fused-ring (bicyclic) bond motifs is 1. The van der Waals surface area contributed by atoms with Crippen molar-refractivity contribution in [3.05, 3.63) is 26.6 Å². The number of thiophene rings is 1. The van der Waals surface area contributed by atoms with Crippen LogP contribution in [0.3, 0.4) is 0 Å². The van der Waals surface area contributed by atoms with Gasteiger partial charge in [-0.15, -0.1) is 11.3 Å². The van der Waals surface area contributed by atoms with Crippen LogP contribution in [0.5, 0.6) is 0 Å². The van der Waals surface area contributed by atoms with E-state index in [1.807, 2.05) is 13.8 Å². The summed E-state index contributed by atoms with van der Waals surface area (Å²) in [6.07, 6.45) is 0. The van der Waals surface area contributed by atoms with E-state index in [1.54, 1.807) is 11.3 Å². The molecule has 0 amide bonds. The van der Waals surface area contributed by atoms with Gasteiger partial charge >= 0.3 is 0 Å². The van der Waals surface area contributed by atoms with Crippen LogP contribution in [0.4, 0.5) is 0 Å². The maximum absolute atomic E-state index is 12.1. The van der Waals surface area contributed by atoms with Crippen LogP contribution in [0.2, 0.25) is 0 Å². The molecule has 2 aromatic heterocycles. The van der Waals surface area contributed by atoms with E-state index in [0.29, 0.717) is 18.4 Å². The van der Waals surface area contributed by atoms with E-state index in [0.717, 1.165) is 27.2 Å². The molecule has 0 aliphatic carbocycles. The summed E-state index contributed by atoms with van der Waals surface area (Å²) in [5.74, 6) is 0.703. The van der Waals surface area contributed by atoms with Gasteiger partial charge in [-0.3, -0.25) is 4.79 Å². The summed E-state index contributed by atoms with van der Waals surface area (Å²) in [6.45, 7) is 7.59. The van der Waals surface area contributed by atoms with Crippen LogP contribution in [0.1, 0.15) is 23.2 Å². The topological polar surface area (TPSA) is 61.0 Å². The molecule has 2 rings (SSSR count). The highest BCUT2D eigenvalue weighted by molar-refractivity contribution is 7.18. The van der Waals surface area contributed by atoms with Crippen LogP contribution >= 0.6 is 11.3 Å². The van der Waals surface area contributed by atoms with Gasteiger partial charge in [0.2, 0.25) is 0 Å². The lowest BCUT2D eigenvalue weighted by Gasteiger charge is -2.19. The molecule has 0 fully saturated rings. The zero-order valence-electron chi connectivity index (χ0n) is 12.7. The largest absolute Gasteiger partial charge is 0.309 e. The van der Waals surface area contributed by atoms with Gasteiger partial charge in [0.25, 0.3) is 5.56 Å². The maximum Gasteiger partial charge on any atom is 0.259 e. The van der Waals surface area contributed by atoms with E-state index < -0.39 is 0 Å². The molecule has 0 bridgehead atoms. The average Bonchev–Trinajstić information content (AvgIpc) is 2.65. The molecule has 0 aliphatic rings. The summed E-state index contributed by atoms with van der Waals surface area (Å²) < 4.78 is 0. The van der Waals surface area contributed by atoms with E-state index in [9.17, 15) is 4.79 Å². The van der Waals surface area contributed by atoms with Gasteiger partial charge < -0.3 is 15.2 Å². The van der Waals surface area contributed by atoms with Gasteiger partial charge in [0.1, 0.15) is 10.7 Å². The Labute approximate surface area is 123 Å². The van der Waals surface area contributed by atoms with E-state index in [1.165, 1.54) is 0 Å². The van der Waals surface area contributed by atoms with Crippen molar-refractivity contribution in [1.29, 1.82) is 0 Å². The number of nitrogens with zero attached hydrogens (tertiary/aromatic N) is 2. The second-order valence-electron chi connectivity index (χ2n) is 5.42. The van der Waals surface area contributed by atoms with Gasteiger partial charge in [0.05, 0.1) is 11.9 Å². The van der Waals surface area contributed by atoms with Crippen molar-refractivity contribution in [2.75, 3.05) is 20.6 Å². The van der Waals surface area contributed by atoms with Crippen molar-refractivity contribution in [2.45, 2.75) is 33.4 Å². The zero-order valence-corrected chi connectivity index (χ0v) is 13.5. The third kappa shape index (κ3) is 3.08. The molecule has 2 heterocycles. The molecule has 1 atom stereocenters. The van der Waals surface area contributed by atoms with Gasteiger partial charge in [-0.2, -0.15) is 0 Å². The van der Waals surface area contributed by atoms with Crippen molar-refractivity contribution >= 4 is 21.6 Å². The molecule has 2 N–H and O–H groups in total. The molecule has 0 radical (unpaired) electrons. The Morgan fingerprint density at radius 3 is 2.75 bits per heavy atom. The number of rotatable bonds is 5. The Morgan fingerprint density at radius 2 is 2.10 bits per heavy atom. The summed E-state index contributed by atoms with van der Waals surface area (Å²) in [4.78, 5) is 23.7. The minimum Gasteiger partial charge on any atom is -0.309 e. The second-order valence-corrected chi connectivity index (χ2v) is 6.62. The SMILES string of the molecule is Cc1sc2nc(CNCC(C)N(C)C)[nH]c(=O)c2c1C. The minimum atomic E-state index is -0.0330. The number of H-pyrrole nitrogens is 1. The molecule has 5 nitrogen and oxygen atoms in total. The van der Waals surface area contributed by atoms with Gasteiger partial charge in [0, 0.05) is 17.5 Å². The van der Waals surface area contributed by atoms with Gasteiger partial charge in [-0.25, -0.2) is 4.98 Å². The number of nitrogens with one attached hydrogen (secondary N) is 2. The van der Waals surface area contributed by atoms with E-state index in [-0.39, 0.29) is 5.56 Å². The van der Waals surface area contributed by atoms with Crippen molar-refractivity contribution in [3.63, 3.8) is 0 Å². The fraction of sp³-hybridized carbons (Fsp3) is 0.571. The van der Waals surface area contributed by atoms with E-state index in [2.05, 4.69) is 41.2 Å². The fourth-order valence-electron chi connectivity index (χ4n) is 1.96. The van der Waals surface area contributed by atoms with Gasteiger partial charge in [-0.05, 0) is 40.4 Å². The predicted octanol–water partition coefficient (Wildman–Crippen LogP) is 1.64. The molecule has 0 spiro atoms. The lowest BCUT2D eigenvalue weighted by Crippen LogP contribution is -2.35. The van der Waals surface area contributed by atoms with Crippen molar-refractivity contribution in [3.8, 4) is 0 Å². The monoisotopic (exact) mass is 294 g/mol. The third-order valence-corrected chi connectivity index (χ3v) is 4.80. The van der Waals surface area contributed by atoms with E-state index >= 15 is 0 Å². The molecular formula is C14H22N4OS. The Hall–Kier alpha value is -1.24. The van der Waals surface area contributed by atoms with Crippen LogP contribution in [0, 0.1) is 13.8 Å². The lowest BCUT2D eigenvalue weighted by atomic mass is 10.2. The van der Waals surface area contributed by atoms with Crippen molar-refractivity contribution < 1.29 is 0 Å². The van der Waals surface area contributed by atoms with Crippen LogP contribution in [0.15, 0.2) is 4.79 Å². The Kier molecular flexibility index (Phi) is 4.57. The predicted molar refractivity (Wildman–Crippen MR) is 84.6 cm³/mol. The van der Waals surface area contributed by atoms with Crippen molar-refractivity contribution in [1.82, 2.24) is 20.2 Å². The molecule has 110 valence electrons. The summed E-state index contributed by atoms with van der Waals surface area (Å²) in [6, 6.07) is 0.441. The number of likely N-dealkylation sites (N-methyl/N-ethyl adjacent to an activating group) is 1.